The summed E-state index contributed by atoms with van der Waals surface area (Å²) in [5.74, 6) is 0.533. The van der Waals surface area contributed by atoms with E-state index in [9.17, 15) is 4.79 Å². The van der Waals surface area contributed by atoms with Crippen LogP contribution in [-0.2, 0) is 9.53 Å². The first-order valence-corrected chi connectivity index (χ1v) is 7.24. The molecule has 106 valence electrons. The summed E-state index contributed by atoms with van der Waals surface area (Å²) < 4.78 is 5.13. The van der Waals surface area contributed by atoms with Crippen molar-refractivity contribution in [2.75, 3.05) is 26.2 Å². The first kappa shape index (κ1) is 15.4. The van der Waals surface area contributed by atoms with Gasteiger partial charge in [-0.2, -0.15) is 0 Å². The summed E-state index contributed by atoms with van der Waals surface area (Å²) in [7, 11) is 0. The third-order valence-corrected chi connectivity index (χ3v) is 3.62. The number of esters is 1. The van der Waals surface area contributed by atoms with Gasteiger partial charge in [0.15, 0.2) is 0 Å². The Morgan fingerprint density at radius 3 is 2.72 bits per heavy atom. The monoisotopic (exact) mass is 256 g/mol. The molecule has 18 heavy (non-hydrogen) atoms. The van der Waals surface area contributed by atoms with Crippen LogP contribution in [0.15, 0.2) is 0 Å². The molecule has 4 nitrogen and oxygen atoms in total. The molecule has 2 atom stereocenters. The molecular formula is C14H28N2O2. The number of likely N-dealkylation sites (tertiary alicyclic amines) is 1. The Balaban J connectivity index is 2.56. The average Bonchev–Trinajstić information content (AvgIpc) is 2.77. The van der Waals surface area contributed by atoms with Crippen LogP contribution in [0, 0.1) is 5.92 Å². The molecule has 0 spiro atoms. The van der Waals surface area contributed by atoms with Gasteiger partial charge in [0.2, 0.25) is 0 Å². The maximum atomic E-state index is 11.9. The van der Waals surface area contributed by atoms with Crippen LogP contribution in [0.4, 0.5) is 0 Å². The minimum atomic E-state index is -0.186. The second-order valence-corrected chi connectivity index (χ2v) is 5.31. The third-order valence-electron chi connectivity index (χ3n) is 3.62. The van der Waals surface area contributed by atoms with Crippen LogP contribution in [-0.4, -0.2) is 49.2 Å². The average molecular weight is 256 g/mol. The predicted molar refractivity (Wildman–Crippen MR) is 73.5 cm³/mol. The number of hydrogen-bond donors (Lipinski definition) is 1. The van der Waals surface area contributed by atoms with Crippen molar-refractivity contribution in [1.29, 1.82) is 0 Å². The van der Waals surface area contributed by atoms with Gasteiger partial charge >= 0.3 is 5.97 Å². The van der Waals surface area contributed by atoms with E-state index in [1.54, 1.807) is 0 Å². The van der Waals surface area contributed by atoms with E-state index in [0.717, 1.165) is 19.6 Å². The van der Waals surface area contributed by atoms with Crippen molar-refractivity contribution in [3.05, 3.63) is 0 Å². The summed E-state index contributed by atoms with van der Waals surface area (Å²) in [4.78, 5) is 14.3. The number of nitrogens with zero attached hydrogens (tertiary/aromatic N) is 1. The third kappa shape index (κ3) is 4.25. The van der Waals surface area contributed by atoms with Gasteiger partial charge in [0.1, 0.15) is 6.04 Å². The van der Waals surface area contributed by atoms with E-state index in [4.69, 9.17) is 4.74 Å². The lowest BCUT2D eigenvalue weighted by molar-refractivity contribution is -0.146. The molecule has 1 fully saturated rings. The Morgan fingerprint density at radius 2 is 2.17 bits per heavy atom. The molecule has 1 aliphatic heterocycles. The number of hydrogen-bond acceptors (Lipinski definition) is 4. The van der Waals surface area contributed by atoms with Gasteiger partial charge in [-0.05, 0) is 38.8 Å². The van der Waals surface area contributed by atoms with Crippen LogP contribution < -0.4 is 5.32 Å². The van der Waals surface area contributed by atoms with Gasteiger partial charge in [-0.25, -0.2) is 0 Å². The van der Waals surface area contributed by atoms with Crippen molar-refractivity contribution in [3.8, 4) is 0 Å². The highest BCUT2D eigenvalue weighted by molar-refractivity contribution is 5.76. The molecule has 0 amide bonds. The van der Waals surface area contributed by atoms with Crippen molar-refractivity contribution < 1.29 is 9.53 Å². The Morgan fingerprint density at radius 1 is 1.44 bits per heavy atom. The van der Waals surface area contributed by atoms with E-state index in [1.165, 1.54) is 12.8 Å². The molecule has 0 aromatic rings. The summed E-state index contributed by atoms with van der Waals surface area (Å²) in [5.41, 5.74) is 0. The highest BCUT2D eigenvalue weighted by Gasteiger charge is 2.31. The number of ether oxygens (including phenoxy) is 1. The van der Waals surface area contributed by atoms with Gasteiger partial charge < -0.3 is 10.1 Å². The minimum absolute atomic E-state index is 0.117. The lowest BCUT2D eigenvalue weighted by Crippen LogP contribution is -2.49. The van der Waals surface area contributed by atoms with Gasteiger partial charge in [0.25, 0.3) is 0 Å². The van der Waals surface area contributed by atoms with E-state index in [2.05, 4.69) is 24.1 Å². The zero-order valence-corrected chi connectivity index (χ0v) is 12.2. The van der Waals surface area contributed by atoms with Crippen LogP contribution in [0.2, 0.25) is 0 Å². The molecule has 4 heteroatoms. The van der Waals surface area contributed by atoms with Crippen molar-refractivity contribution in [2.45, 2.75) is 52.6 Å². The highest BCUT2D eigenvalue weighted by atomic mass is 16.5. The van der Waals surface area contributed by atoms with Gasteiger partial charge in [-0.3, -0.25) is 9.69 Å². The second-order valence-electron chi connectivity index (χ2n) is 5.31. The number of nitrogens with one attached hydrogen (secondary N) is 1. The normalized spacial score (nSPS) is 22.4. The summed E-state index contributed by atoms with van der Waals surface area (Å²) in [5, 5.41) is 3.24. The van der Waals surface area contributed by atoms with Crippen molar-refractivity contribution in [1.82, 2.24) is 10.2 Å². The molecule has 1 aliphatic rings. The Kier molecular flexibility index (Phi) is 6.65. The van der Waals surface area contributed by atoms with E-state index in [0.29, 0.717) is 18.6 Å². The SMILES string of the molecule is CCNC(CN1CCCC1C(C)C)C(=O)OCC. The Labute approximate surface area is 111 Å². The zero-order valence-electron chi connectivity index (χ0n) is 12.2. The van der Waals surface area contributed by atoms with Crippen LogP contribution in [0.5, 0.6) is 0 Å². The zero-order chi connectivity index (χ0) is 13.5. The van der Waals surface area contributed by atoms with Crippen LogP contribution in [0.25, 0.3) is 0 Å². The van der Waals surface area contributed by atoms with Crippen molar-refractivity contribution in [3.63, 3.8) is 0 Å². The molecule has 1 rings (SSSR count). The highest BCUT2D eigenvalue weighted by Crippen LogP contribution is 2.23. The fourth-order valence-corrected chi connectivity index (χ4v) is 2.78. The van der Waals surface area contributed by atoms with Gasteiger partial charge in [-0.15, -0.1) is 0 Å². The lowest BCUT2D eigenvalue weighted by atomic mass is 10.0. The largest absolute Gasteiger partial charge is 0.465 e. The minimum Gasteiger partial charge on any atom is -0.465 e. The van der Waals surface area contributed by atoms with Gasteiger partial charge in [-0.1, -0.05) is 20.8 Å². The molecule has 0 saturated carbocycles. The van der Waals surface area contributed by atoms with Crippen LogP contribution in [0.3, 0.4) is 0 Å². The molecule has 0 aliphatic carbocycles. The van der Waals surface area contributed by atoms with E-state index >= 15 is 0 Å². The molecule has 0 radical (unpaired) electrons. The predicted octanol–water partition coefficient (Wildman–Crippen LogP) is 1.65. The lowest BCUT2D eigenvalue weighted by Gasteiger charge is -2.30. The van der Waals surface area contributed by atoms with E-state index in [1.807, 2.05) is 13.8 Å². The van der Waals surface area contributed by atoms with Gasteiger partial charge in [0.05, 0.1) is 6.61 Å². The molecule has 0 bridgehead atoms. The van der Waals surface area contributed by atoms with E-state index < -0.39 is 0 Å². The molecule has 2 unspecified atom stereocenters. The number of likely N-dealkylation sites (N-methyl/N-ethyl adjacent to an activating group) is 1. The first-order valence-electron chi connectivity index (χ1n) is 7.24. The van der Waals surface area contributed by atoms with Crippen molar-refractivity contribution >= 4 is 5.97 Å². The molecule has 1 saturated heterocycles. The number of carbonyl (C=O) groups is 1. The smallest absolute Gasteiger partial charge is 0.324 e. The van der Waals surface area contributed by atoms with E-state index in [-0.39, 0.29) is 12.0 Å². The van der Waals surface area contributed by atoms with Crippen LogP contribution >= 0.6 is 0 Å². The van der Waals surface area contributed by atoms with Crippen LogP contribution in [0.1, 0.15) is 40.5 Å². The summed E-state index contributed by atoms with van der Waals surface area (Å²) >= 11 is 0. The number of rotatable bonds is 7. The fraction of sp³-hybridized carbons (Fsp3) is 0.929. The standard InChI is InChI=1S/C14H28N2O2/c1-5-15-12(14(17)18-6-2)10-16-9-7-8-13(16)11(3)4/h11-13,15H,5-10H2,1-4H3. The summed E-state index contributed by atoms with van der Waals surface area (Å²) in [6, 6.07) is 0.426. The quantitative estimate of drug-likeness (QED) is 0.703. The summed E-state index contributed by atoms with van der Waals surface area (Å²) in [6.45, 7) is 11.5. The molecule has 0 aromatic heterocycles. The Hall–Kier alpha value is -0.610. The Bertz CT molecular complexity index is 256. The maximum absolute atomic E-state index is 11.9. The molecule has 1 N–H and O–H groups in total. The molecular weight excluding hydrogens is 228 g/mol. The topological polar surface area (TPSA) is 41.6 Å². The number of carbonyl (C=O) groups excluding carboxylic acids is 1. The maximum Gasteiger partial charge on any atom is 0.324 e. The van der Waals surface area contributed by atoms with Gasteiger partial charge in [0, 0.05) is 12.6 Å². The molecule has 1 heterocycles. The first-order chi connectivity index (χ1) is 8.60. The fourth-order valence-electron chi connectivity index (χ4n) is 2.78. The second kappa shape index (κ2) is 7.74. The van der Waals surface area contributed by atoms with Crippen molar-refractivity contribution in [2.24, 2.45) is 5.92 Å². The summed E-state index contributed by atoms with van der Waals surface area (Å²) in [6.07, 6.45) is 2.49. The molecule has 0 aromatic carbocycles.